The van der Waals surface area contributed by atoms with Gasteiger partial charge in [-0.1, -0.05) is 18.2 Å². The summed E-state index contributed by atoms with van der Waals surface area (Å²) in [6.45, 7) is 5.94. The Labute approximate surface area is 224 Å². The van der Waals surface area contributed by atoms with Crippen LogP contribution in [0.5, 0.6) is 0 Å². The number of ether oxygens (including phenoxy) is 2. The van der Waals surface area contributed by atoms with Gasteiger partial charge in [-0.25, -0.2) is 14.0 Å². The van der Waals surface area contributed by atoms with Gasteiger partial charge in [0.1, 0.15) is 17.5 Å². The third kappa shape index (κ3) is 6.64. The van der Waals surface area contributed by atoms with Crippen molar-refractivity contribution in [1.82, 2.24) is 14.8 Å². The van der Waals surface area contributed by atoms with E-state index >= 15 is 4.39 Å². The molecule has 0 spiro atoms. The van der Waals surface area contributed by atoms with Crippen molar-refractivity contribution in [3.63, 3.8) is 0 Å². The zero-order valence-electron chi connectivity index (χ0n) is 22.3. The second kappa shape index (κ2) is 11.3. The number of carbonyl (C=O) groups is 2. The van der Waals surface area contributed by atoms with Crippen molar-refractivity contribution in [3.8, 4) is 17.2 Å². The first-order valence-electron chi connectivity index (χ1n) is 12.6. The number of amides is 2. The van der Waals surface area contributed by atoms with Crippen LogP contribution in [0.1, 0.15) is 32.8 Å². The highest BCUT2D eigenvalue weighted by Gasteiger charge is 2.31. The van der Waals surface area contributed by atoms with Crippen molar-refractivity contribution in [1.29, 1.82) is 5.26 Å². The minimum Gasteiger partial charge on any atom is -0.444 e. The summed E-state index contributed by atoms with van der Waals surface area (Å²) in [5.74, 6) is -1.55. The number of rotatable bonds is 5. The molecule has 39 heavy (non-hydrogen) atoms. The van der Waals surface area contributed by atoms with Crippen LogP contribution in [0.3, 0.4) is 0 Å². The Balaban J connectivity index is 1.43. The molecule has 3 aromatic rings. The number of nitriles is 1. The molecule has 2 atom stereocenters. The molecule has 4 rings (SSSR count). The average molecular weight is 539 g/mol. The van der Waals surface area contributed by atoms with Crippen molar-refractivity contribution in [2.75, 3.05) is 19.7 Å². The predicted octanol–water partition coefficient (Wildman–Crippen LogP) is 3.51. The Kier molecular flexibility index (Phi) is 8.06. The van der Waals surface area contributed by atoms with Gasteiger partial charge >= 0.3 is 11.8 Å². The van der Waals surface area contributed by atoms with Crippen molar-refractivity contribution in [3.05, 3.63) is 58.3 Å². The van der Waals surface area contributed by atoms with Crippen LogP contribution in [0.25, 0.3) is 22.2 Å². The maximum atomic E-state index is 15.1. The fourth-order valence-electron chi connectivity index (χ4n) is 4.32. The van der Waals surface area contributed by atoms with Crippen LogP contribution in [-0.2, 0) is 27.7 Å². The van der Waals surface area contributed by atoms with Crippen LogP contribution < -0.4 is 11.1 Å². The van der Waals surface area contributed by atoms with Crippen LogP contribution in [0.15, 0.2) is 45.6 Å². The van der Waals surface area contributed by atoms with Gasteiger partial charge in [-0.15, -0.1) is 0 Å². The van der Waals surface area contributed by atoms with E-state index in [0.29, 0.717) is 40.8 Å². The number of oxazole rings is 1. The molecule has 1 unspecified atom stereocenters. The van der Waals surface area contributed by atoms with Crippen LogP contribution in [-0.4, -0.2) is 58.9 Å². The van der Waals surface area contributed by atoms with E-state index in [1.54, 1.807) is 58.2 Å². The fraction of sp³-hybridized carbons (Fsp3) is 0.429. The minimum absolute atomic E-state index is 0.00513. The summed E-state index contributed by atoms with van der Waals surface area (Å²) in [7, 11) is 1.57. The molecule has 1 N–H and O–H groups in total. The molecule has 11 heteroatoms. The zero-order chi connectivity index (χ0) is 28.3. The lowest BCUT2D eigenvalue weighted by molar-refractivity contribution is -0.133. The van der Waals surface area contributed by atoms with Crippen LogP contribution >= 0.6 is 0 Å². The topological polar surface area (TPSA) is 127 Å². The Morgan fingerprint density at radius 3 is 2.72 bits per heavy atom. The molecule has 0 bridgehead atoms. The second-order valence-electron chi connectivity index (χ2n) is 10.5. The first-order chi connectivity index (χ1) is 18.4. The summed E-state index contributed by atoms with van der Waals surface area (Å²) in [6.07, 6.45) is -0.895. The van der Waals surface area contributed by atoms with E-state index in [9.17, 15) is 19.6 Å². The van der Waals surface area contributed by atoms with Gasteiger partial charge in [0.25, 0.3) is 5.91 Å². The van der Waals surface area contributed by atoms with Gasteiger partial charge in [0.05, 0.1) is 18.1 Å². The highest BCUT2D eigenvalue weighted by Crippen LogP contribution is 2.27. The smallest absolute Gasteiger partial charge is 0.419 e. The second-order valence-corrected chi connectivity index (χ2v) is 10.5. The average Bonchev–Trinajstić information content (AvgIpc) is 3.03. The van der Waals surface area contributed by atoms with E-state index < -0.39 is 41.3 Å². The Morgan fingerprint density at radius 2 is 2.03 bits per heavy atom. The first kappa shape index (κ1) is 27.9. The third-order valence-corrected chi connectivity index (χ3v) is 6.27. The number of hydrogen-bond donors (Lipinski definition) is 1. The molecule has 0 radical (unpaired) electrons. The summed E-state index contributed by atoms with van der Waals surface area (Å²) in [4.78, 5) is 38.6. The van der Waals surface area contributed by atoms with Gasteiger partial charge < -0.3 is 24.1 Å². The molecule has 2 aromatic carbocycles. The van der Waals surface area contributed by atoms with Crippen molar-refractivity contribution >= 4 is 23.1 Å². The van der Waals surface area contributed by atoms with Gasteiger partial charge in [-0.05, 0) is 56.5 Å². The van der Waals surface area contributed by atoms with Crippen molar-refractivity contribution in [2.45, 2.75) is 51.4 Å². The summed E-state index contributed by atoms with van der Waals surface area (Å²) in [6, 6.07) is 10.6. The molecule has 206 valence electrons. The Hall–Kier alpha value is -4.17. The van der Waals surface area contributed by atoms with E-state index in [0.717, 1.165) is 0 Å². The standard InChI is InChI=1S/C28H31FN4O6/c1-28(2,3)39-27(36)33-10-5-11-37-24(16-33)25(34)31-19(15-30)12-17-6-8-20(21(29)13-17)18-7-9-23-22(14-18)32(4)26(35)38-23/h6-9,13-14,19,24H,5,10-12,16H2,1-4H3,(H,31,34)/t19?,24-/m0/s1. The van der Waals surface area contributed by atoms with E-state index in [1.165, 1.54) is 15.5 Å². The fourth-order valence-corrected chi connectivity index (χ4v) is 4.32. The number of nitrogens with one attached hydrogen (secondary N) is 1. The van der Waals surface area contributed by atoms with Gasteiger partial charge in [-0.3, -0.25) is 9.36 Å². The molecule has 10 nitrogen and oxygen atoms in total. The van der Waals surface area contributed by atoms with Gasteiger partial charge in [0, 0.05) is 32.2 Å². The summed E-state index contributed by atoms with van der Waals surface area (Å²) in [5, 5.41) is 12.3. The molecule has 1 fully saturated rings. The minimum atomic E-state index is -0.969. The van der Waals surface area contributed by atoms with Crippen LogP contribution in [0.2, 0.25) is 0 Å². The molecule has 0 saturated carbocycles. The summed E-state index contributed by atoms with van der Waals surface area (Å²) in [5.41, 5.74) is 1.66. The molecule has 0 aliphatic carbocycles. The summed E-state index contributed by atoms with van der Waals surface area (Å²) < 4.78 is 32.6. The molecule has 2 heterocycles. The summed E-state index contributed by atoms with van der Waals surface area (Å²) >= 11 is 0. The highest BCUT2D eigenvalue weighted by atomic mass is 19.1. The number of halogens is 1. The molecule has 1 saturated heterocycles. The van der Waals surface area contributed by atoms with Crippen LogP contribution in [0.4, 0.5) is 9.18 Å². The lowest BCUT2D eigenvalue weighted by atomic mass is 9.99. The Morgan fingerprint density at radius 1 is 1.26 bits per heavy atom. The highest BCUT2D eigenvalue weighted by molar-refractivity contribution is 5.83. The maximum absolute atomic E-state index is 15.1. The molecular formula is C28H31FN4O6. The number of benzene rings is 2. The molecule has 1 aliphatic heterocycles. The quantitative estimate of drug-likeness (QED) is 0.527. The number of nitrogens with zero attached hydrogens (tertiary/aromatic N) is 3. The maximum Gasteiger partial charge on any atom is 0.419 e. The molecule has 1 aliphatic rings. The number of carbonyl (C=O) groups excluding carboxylic acids is 2. The molecular weight excluding hydrogens is 507 g/mol. The van der Waals surface area contributed by atoms with E-state index in [2.05, 4.69) is 5.32 Å². The third-order valence-electron chi connectivity index (χ3n) is 6.27. The van der Waals surface area contributed by atoms with E-state index in [4.69, 9.17) is 13.9 Å². The van der Waals surface area contributed by atoms with Gasteiger partial charge in [0.15, 0.2) is 11.7 Å². The normalized spacial score (nSPS) is 16.8. The Bertz CT molecular complexity index is 1480. The SMILES string of the molecule is Cn1c(=O)oc2ccc(-c3ccc(CC(C#N)NC(=O)[C@@H]4CN(C(=O)OC(C)(C)C)CCCO4)cc3F)cc21. The number of aromatic nitrogens is 1. The number of aryl methyl sites for hydroxylation is 1. The number of hydrogen-bond acceptors (Lipinski definition) is 7. The zero-order valence-corrected chi connectivity index (χ0v) is 22.3. The largest absolute Gasteiger partial charge is 0.444 e. The van der Waals surface area contributed by atoms with Gasteiger partial charge in [-0.2, -0.15) is 5.26 Å². The van der Waals surface area contributed by atoms with Crippen molar-refractivity contribution < 1.29 is 27.9 Å². The predicted molar refractivity (Wildman–Crippen MR) is 140 cm³/mol. The lowest BCUT2D eigenvalue weighted by Crippen LogP contribution is -2.48. The van der Waals surface area contributed by atoms with Gasteiger partial charge in [0.2, 0.25) is 0 Å². The first-order valence-corrected chi connectivity index (χ1v) is 12.6. The van der Waals surface area contributed by atoms with E-state index in [1.807, 2.05) is 6.07 Å². The molecule has 2 amide bonds. The number of fused-ring (bicyclic) bond motifs is 1. The molecule has 1 aromatic heterocycles. The monoisotopic (exact) mass is 538 g/mol. The lowest BCUT2D eigenvalue weighted by Gasteiger charge is -2.27. The van der Waals surface area contributed by atoms with Crippen LogP contribution in [0, 0.1) is 17.1 Å². The van der Waals surface area contributed by atoms with E-state index in [-0.39, 0.29) is 19.6 Å². The van der Waals surface area contributed by atoms with Crippen molar-refractivity contribution in [2.24, 2.45) is 7.05 Å².